The van der Waals surface area contributed by atoms with Gasteiger partial charge in [-0.1, -0.05) is 29.3 Å². The third-order valence-corrected chi connectivity index (χ3v) is 3.57. The van der Waals surface area contributed by atoms with Gasteiger partial charge in [0.05, 0.1) is 12.6 Å². The third kappa shape index (κ3) is 6.27. The van der Waals surface area contributed by atoms with E-state index in [1.165, 1.54) is 0 Å². The number of carbonyl (C=O) groups is 2. The predicted molar refractivity (Wildman–Crippen MR) is 88.2 cm³/mol. The molecule has 2 amide bonds. The number of rotatable bonds is 7. The van der Waals surface area contributed by atoms with Crippen LogP contribution in [0.25, 0.3) is 0 Å². The first kappa shape index (κ1) is 17.7. The number of hydrogen-bond donors (Lipinski definition) is 2. The van der Waals surface area contributed by atoms with Gasteiger partial charge in [0.15, 0.2) is 0 Å². The Morgan fingerprint density at radius 3 is 2.38 bits per heavy atom. The van der Waals surface area contributed by atoms with Gasteiger partial charge in [-0.25, -0.2) is 0 Å². The van der Waals surface area contributed by atoms with E-state index < -0.39 is 0 Å². The second-order valence-corrected chi connectivity index (χ2v) is 5.96. The van der Waals surface area contributed by atoms with Crippen molar-refractivity contribution in [1.29, 1.82) is 0 Å². The van der Waals surface area contributed by atoms with E-state index in [4.69, 9.17) is 0 Å². The zero-order valence-electron chi connectivity index (χ0n) is 12.6. The van der Waals surface area contributed by atoms with Gasteiger partial charge in [0.25, 0.3) is 0 Å². The van der Waals surface area contributed by atoms with Crippen molar-refractivity contribution >= 4 is 33.4 Å². The Morgan fingerprint density at radius 2 is 1.86 bits per heavy atom. The lowest BCUT2D eigenvalue weighted by molar-refractivity contribution is -0.127. The summed E-state index contributed by atoms with van der Waals surface area (Å²) in [4.78, 5) is 25.7. The summed E-state index contributed by atoms with van der Waals surface area (Å²) in [5.41, 5.74) is 0.704. The summed E-state index contributed by atoms with van der Waals surface area (Å²) in [6, 6.07) is 7.08. The molecule has 0 saturated heterocycles. The molecule has 1 atom stereocenters. The van der Waals surface area contributed by atoms with Crippen molar-refractivity contribution in [2.24, 2.45) is 0 Å². The average Bonchev–Trinajstić information content (AvgIpc) is 2.44. The van der Waals surface area contributed by atoms with Crippen LogP contribution in [-0.4, -0.2) is 43.4 Å². The minimum Gasteiger partial charge on any atom is -0.346 e. The van der Waals surface area contributed by atoms with Gasteiger partial charge < -0.3 is 10.6 Å². The highest BCUT2D eigenvalue weighted by Gasteiger charge is 2.19. The average molecular weight is 356 g/mol. The van der Waals surface area contributed by atoms with Crippen molar-refractivity contribution in [3.8, 4) is 0 Å². The summed E-state index contributed by atoms with van der Waals surface area (Å²) in [6.45, 7) is 2.01. The summed E-state index contributed by atoms with van der Waals surface area (Å²) in [5.74, 6) is -0.354. The Balaban J connectivity index is 2.44. The molecule has 1 aromatic carbocycles. The third-order valence-electron chi connectivity index (χ3n) is 3.04. The first-order chi connectivity index (χ1) is 9.93. The highest BCUT2D eigenvalue weighted by molar-refractivity contribution is 9.10. The minimum absolute atomic E-state index is 0.0248. The molecule has 1 rings (SSSR count). The zero-order chi connectivity index (χ0) is 15.8. The maximum atomic E-state index is 12.0. The minimum atomic E-state index is -0.236. The fraction of sp³-hybridized carbons (Fsp3) is 0.467. The molecule has 1 unspecified atom stereocenters. The summed E-state index contributed by atoms with van der Waals surface area (Å²) in [7, 11) is 3.73. The lowest BCUT2D eigenvalue weighted by atomic mass is 10.1. The molecule has 0 aromatic heterocycles. The van der Waals surface area contributed by atoms with E-state index in [0.717, 1.165) is 17.3 Å². The van der Waals surface area contributed by atoms with Gasteiger partial charge in [-0.3, -0.25) is 14.5 Å². The van der Waals surface area contributed by atoms with E-state index in [-0.39, 0.29) is 24.4 Å². The molecule has 0 aliphatic rings. The summed E-state index contributed by atoms with van der Waals surface area (Å²) >= 11 is 3.33. The molecule has 6 heteroatoms. The van der Waals surface area contributed by atoms with Crippen LogP contribution in [0.4, 0.5) is 5.69 Å². The predicted octanol–water partition coefficient (Wildman–Crippen LogP) is 2.23. The number of carbonyl (C=O) groups excluding carboxylic acids is 2. The maximum absolute atomic E-state index is 12.0. The first-order valence-corrected chi connectivity index (χ1v) is 7.73. The molecule has 21 heavy (non-hydrogen) atoms. The SMILES string of the molecule is CCCC(C(=O)NCC(=O)Nc1ccc(Br)cc1)N(C)C. The largest absolute Gasteiger partial charge is 0.346 e. The van der Waals surface area contributed by atoms with Crippen molar-refractivity contribution in [2.75, 3.05) is 26.0 Å². The molecule has 0 saturated carbocycles. The van der Waals surface area contributed by atoms with Gasteiger partial charge in [0, 0.05) is 10.2 Å². The topological polar surface area (TPSA) is 61.4 Å². The van der Waals surface area contributed by atoms with E-state index in [2.05, 4.69) is 26.6 Å². The Hall–Kier alpha value is -1.40. The van der Waals surface area contributed by atoms with Crippen LogP contribution >= 0.6 is 15.9 Å². The van der Waals surface area contributed by atoms with Gasteiger partial charge in [-0.2, -0.15) is 0 Å². The van der Waals surface area contributed by atoms with E-state index in [1.807, 2.05) is 38.1 Å². The number of nitrogens with zero attached hydrogens (tertiary/aromatic N) is 1. The molecule has 0 radical (unpaired) electrons. The van der Waals surface area contributed by atoms with Crippen molar-refractivity contribution in [3.05, 3.63) is 28.7 Å². The van der Waals surface area contributed by atoms with Crippen LogP contribution < -0.4 is 10.6 Å². The Morgan fingerprint density at radius 1 is 1.24 bits per heavy atom. The molecular formula is C15H22BrN3O2. The van der Waals surface area contributed by atoms with Crippen LogP contribution in [0.5, 0.6) is 0 Å². The monoisotopic (exact) mass is 355 g/mol. The summed E-state index contributed by atoms with van der Waals surface area (Å²) in [6.07, 6.45) is 1.69. The maximum Gasteiger partial charge on any atom is 0.243 e. The molecule has 0 aliphatic heterocycles. The molecule has 116 valence electrons. The second-order valence-electron chi connectivity index (χ2n) is 5.04. The van der Waals surface area contributed by atoms with Crippen LogP contribution in [0, 0.1) is 0 Å². The highest BCUT2D eigenvalue weighted by Crippen LogP contribution is 2.13. The van der Waals surface area contributed by atoms with Crippen LogP contribution in [-0.2, 0) is 9.59 Å². The molecule has 0 fully saturated rings. The van der Waals surface area contributed by atoms with E-state index in [1.54, 1.807) is 12.1 Å². The van der Waals surface area contributed by atoms with Gasteiger partial charge in [-0.05, 0) is 44.8 Å². The summed E-state index contributed by atoms with van der Waals surface area (Å²) < 4.78 is 0.946. The lowest BCUT2D eigenvalue weighted by Gasteiger charge is -2.22. The molecular weight excluding hydrogens is 334 g/mol. The van der Waals surface area contributed by atoms with Crippen LogP contribution in [0.3, 0.4) is 0 Å². The molecule has 0 spiro atoms. The Bertz CT molecular complexity index is 474. The lowest BCUT2D eigenvalue weighted by Crippen LogP contribution is -2.45. The van der Waals surface area contributed by atoms with Crippen molar-refractivity contribution < 1.29 is 9.59 Å². The van der Waals surface area contributed by atoms with E-state index in [0.29, 0.717) is 5.69 Å². The fourth-order valence-electron chi connectivity index (χ4n) is 1.92. The second kappa shape index (κ2) is 8.79. The van der Waals surface area contributed by atoms with Gasteiger partial charge in [0.1, 0.15) is 0 Å². The van der Waals surface area contributed by atoms with Crippen molar-refractivity contribution in [1.82, 2.24) is 10.2 Å². The normalized spacial score (nSPS) is 12.0. The number of halogens is 1. The Kier molecular flexibility index (Phi) is 7.39. The molecule has 0 heterocycles. The van der Waals surface area contributed by atoms with Crippen molar-refractivity contribution in [3.63, 3.8) is 0 Å². The number of benzene rings is 1. The van der Waals surface area contributed by atoms with E-state index >= 15 is 0 Å². The van der Waals surface area contributed by atoms with Gasteiger partial charge >= 0.3 is 0 Å². The van der Waals surface area contributed by atoms with Gasteiger partial charge in [0.2, 0.25) is 11.8 Å². The van der Waals surface area contributed by atoms with Crippen LogP contribution in [0.2, 0.25) is 0 Å². The van der Waals surface area contributed by atoms with E-state index in [9.17, 15) is 9.59 Å². The fourth-order valence-corrected chi connectivity index (χ4v) is 2.19. The first-order valence-electron chi connectivity index (χ1n) is 6.93. The quantitative estimate of drug-likeness (QED) is 0.788. The standard InChI is InChI=1S/C15H22BrN3O2/c1-4-5-13(19(2)3)15(21)17-10-14(20)18-12-8-6-11(16)7-9-12/h6-9,13H,4-5,10H2,1-3H3,(H,17,21)(H,18,20). The smallest absolute Gasteiger partial charge is 0.243 e. The Labute approximate surface area is 134 Å². The molecule has 0 aliphatic carbocycles. The molecule has 1 aromatic rings. The van der Waals surface area contributed by atoms with Crippen LogP contribution in [0.15, 0.2) is 28.7 Å². The molecule has 2 N–H and O–H groups in total. The van der Waals surface area contributed by atoms with Crippen LogP contribution in [0.1, 0.15) is 19.8 Å². The highest BCUT2D eigenvalue weighted by atomic mass is 79.9. The number of anilines is 1. The molecule has 5 nitrogen and oxygen atoms in total. The zero-order valence-corrected chi connectivity index (χ0v) is 14.2. The number of hydrogen-bond acceptors (Lipinski definition) is 3. The summed E-state index contributed by atoms with van der Waals surface area (Å²) in [5, 5.41) is 5.41. The molecule has 0 bridgehead atoms. The number of amides is 2. The van der Waals surface area contributed by atoms with Gasteiger partial charge in [-0.15, -0.1) is 0 Å². The number of likely N-dealkylation sites (N-methyl/N-ethyl adjacent to an activating group) is 1. The van der Waals surface area contributed by atoms with Crippen molar-refractivity contribution in [2.45, 2.75) is 25.8 Å². The number of nitrogens with one attached hydrogen (secondary N) is 2.